The van der Waals surface area contributed by atoms with Crippen LogP contribution in [0.15, 0.2) is 71.6 Å². The monoisotopic (exact) mass is 469 g/mol. The number of anilines is 3. The van der Waals surface area contributed by atoms with Gasteiger partial charge in [-0.25, -0.2) is 12.8 Å². The molecule has 1 aliphatic rings. The fraction of sp³-hybridized carbons (Fsp3) is 0.208. The van der Waals surface area contributed by atoms with Gasteiger partial charge in [-0.2, -0.15) is 0 Å². The maximum Gasteiger partial charge on any atom is 0.264 e. The van der Waals surface area contributed by atoms with Crippen molar-refractivity contribution in [1.82, 2.24) is 0 Å². The van der Waals surface area contributed by atoms with Gasteiger partial charge in [0.1, 0.15) is 5.82 Å². The van der Waals surface area contributed by atoms with Gasteiger partial charge in [-0.3, -0.25) is 4.31 Å². The van der Waals surface area contributed by atoms with Crippen LogP contribution in [-0.2, 0) is 16.4 Å². The highest BCUT2D eigenvalue weighted by atomic mass is 32.2. The average molecular weight is 470 g/mol. The minimum absolute atomic E-state index is 0.171. The average Bonchev–Trinajstić information content (AvgIpc) is 2.75. The van der Waals surface area contributed by atoms with E-state index in [4.69, 9.17) is 12.2 Å². The van der Waals surface area contributed by atoms with Gasteiger partial charge in [0, 0.05) is 17.4 Å². The molecular weight excluding hydrogens is 445 g/mol. The van der Waals surface area contributed by atoms with Gasteiger partial charge in [-0.05, 0) is 98.6 Å². The van der Waals surface area contributed by atoms with Gasteiger partial charge >= 0.3 is 0 Å². The van der Waals surface area contributed by atoms with Crippen molar-refractivity contribution in [1.29, 1.82) is 0 Å². The van der Waals surface area contributed by atoms with E-state index >= 15 is 0 Å². The molecule has 0 saturated carbocycles. The van der Waals surface area contributed by atoms with E-state index in [2.05, 4.69) is 10.6 Å². The number of thiocarbonyl (C=S) groups is 1. The van der Waals surface area contributed by atoms with Crippen LogP contribution in [0.2, 0.25) is 0 Å². The molecule has 1 atom stereocenters. The highest BCUT2D eigenvalue weighted by Gasteiger charge is 2.33. The van der Waals surface area contributed by atoms with E-state index in [9.17, 15) is 12.8 Å². The van der Waals surface area contributed by atoms with Crippen molar-refractivity contribution in [2.24, 2.45) is 0 Å². The molecule has 0 fully saturated rings. The molecule has 2 N–H and O–H groups in total. The Morgan fingerprint density at radius 2 is 1.78 bits per heavy atom. The number of para-hydroxylation sites is 1. The fourth-order valence-electron chi connectivity index (χ4n) is 3.88. The molecule has 1 heterocycles. The predicted octanol–water partition coefficient (Wildman–Crippen LogP) is 5.47. The first-order chi connectivity index (χ1) is 15.3. The SMILES string of the molecule is Cc1ccccc1NC(=S)Nc1ccc(S(=O)(=O)N2c3ccc(F)cc3CCC2C)cc1. The van der Waals surface area contributed by atoms with Crippen LogP contribution >= 0.6 is 12.2 Å². The Labute approximate surface area is 193 Å². The molecule has 1 unspecified atom stereocenters. The standard InChI is InChI=1S/C24H24FN3O2S2/c1-16-5-3-4-6-22(16)27-24(31)26-20-10-12-21(13-11-20)32(29,30)28-17(2)7-8-18-15-19(25)9-14-23(18)28/h3-6,9-15,17H,7-8H2,1-2H3,(H2,26,27,31). The number of hydrogen-bond acceptors (Lipinski definition) is 3. The van der Waals surface area contributed by atoms with Gasteiger partial charge in [-0.15, -0.1) is 0 Å². The van der Waals surface area contributed by atoms with Gasteiger partial charge in [0.15, 0.2) is 5.11 Å². The third-order valence-electron chi connectivity index (χ3n) is 5.57. The number of rotatable bonds is 4. The van der Waals surface area contributed by atoms with E-state index in [1.807, 2.05) is 38.1 Å². The summed E-state index contributed by atoms with van der Waals surface area (Å²) in [5.74, 6) is -0.360. The van der Waals surface area contributed by atoms with E-state index in [0.717, 1.165) is 11.3 Å². The molecule has 8 heteroatoms. The normalized spacial score (nSPS) is 15.7. The summed E-state index contributed by atoms with van der Waals surface area (Å²) in [5.41, 5.74) is 3.88. The van der Waals surface area contributed by atoms with Crippen molar-refractivity contribution in [2.45, 2.75) is 37.6 Å². The summed E-state index contributed by atoms with van der Waals surface area (Å²) in [6.07, 6.45) is 1.28. The summed E-state index contributed by atoms with van der Waals surface area (Å²) in [6, 6.07) is 18.3. The maximum absolute atomic E-state index is 13.7. The van der Waals surface area contributed by atoms with Crippen LogP contribution in [0.25, 0.3) is 0 Å². The number of fused-ring (bicyclic) bond motifs is 1. The molecule has 0 saturated heterocycles. The first-order valence-corrected chi connectivity index (χ1v) is 12.2. The Morgan fingerprint density at radius 3 is 2.50 bits per heavy atom. The smallest absolute Gasteiger partial charge is 0.264 e. The van der Waals surface area contributed by atoms with E-state index < -0.39 is 10.0 Å². The molecule has 0 aromatic heterocycles. The zero-order chi connectivity index (χ0) is 22.9. The van der Waals surface area contributed by atoms with Crippen LogP contribution in [0, 0.1) is 12.7 Å². The number of sulfonamides is 1. The van der Waals surface area contributed by atoms with E-state index in [1.165, 1.54) is 16.4 Å². The summed E-state index contributed by atoms with van der Waals surface area (Å²) >= 11 is 5.38. The lowest BCUT2D eigenvalue weighted by atomic mass is 9.99. The van der Waals surface area contributed by atoms with Crippen LogP contribution in [0.1, 0.15) is 24.5 Å². The highest BCUT2D eigenvalue weighted by molar-refractivity contribution is 7.92. The second-order valence-electron chi connectivity index (χ2n) is 7.88. The molecule has 3 aromatic rings. The topological polar surface area (TPSA) is 61.4 Å². The Bertz CT molecular complexity index is 1260. The van der Waals surface area contributed by atoms with E-state index in [-0.39, 0.29) is 16.8 Å². The van der Waals surface area contributed by atoms with Gasteiger partial charge in [0.25, 0.3) is 10.0 Å². The Kier molecular flexibility index (Phi) is 6.17. The largest absolute Gasteiger partial charge is 0.332 e. The van der Waals surface area contributed by atoms with Crippen molar-refractivity contribution in [3.8, 4) is 0 Å². The molecule has 0 bridgehead atoms. The lowest BCUT2D eigenvalue weighted by Crippen LogP contribution is -2.42. The highest BCUT2D eigenvalue weighted by Crippen LogP contribution is 2.36. The number of nitrogens with zero attached hydrogens (tertiary/aromatic N) is 1. The summed E-state index contributed by atoms with van der Waals surface area (Å²) in [5, 5.41) is 6.63. The molecule has 0 radical (unpaired) electrons. The lowest BCUT2D eigenvalue weighted by molar-refractivity contribution is 0.560. The quantitative estimate of drug-likeness (QED) is 0.496. The number of aryl methyl sites for hydroxylation is 2. The fourth-order valence-corrected chi connectivity index (χ4v) is 5.83. The van der Waals surface area contributed by atoms with E-state index in [1.54, 1.807) is 30.3 Å². The van der Waals surface area contributed by atoms with Crippen molar-refractivity contribution in [3.63, 3.8) is 0 Å². The molecular formula is C24H24FN3O2S2. The molecule has 5 nitrogen and oxygen atoms in total. The van der Waals surface area contributed by atoms with Crippen LogP contribution in [0.4, 0.5) is 21.5 Å². The van der Waals surface area contributed by atoms with Gasteiger partial charge in [0.05, 0.1) is 10.6 Å². The zero-order valence-corrected chi connectivity index (χ0v) is 19.4. The predicted molar refractivity (Wildman–Crippen MR) is 131 cm³/mol. The summed E-state index contributed by atoms with van der Waals surface area (Å²) in [7, 11) is -3.80. The number of nitrogens with one attached hydrogen (secondary N) is 2. The second-order valence-corrected chi connectivity index (χ2v) is 10.1. The third kappa shape index (κ3) is 4.47. The summed E-state index contributed by atoms with van der Waals surface area (Å²) in [6.45, 7) is 3.86. The second kappa shape index (κ2) is 8.88. The summed E-state index contributed by atoms with van der Waals surface area (Å²) < 4.78 is 41.9. The van der Waals surface area contributed by atoms with Crippen LogP contribution < -0.4 is 14.9 Å². The number of benzene rings is 3. The van der Waals surface area contributed by atoms with Crippen molar-refractivity contribution in [2.75, 3.05) is 14.9 Å². The third-order valence-corrected chi connectivity index (χ3v) is 7.72. The van der Waals surface area contributed by atoms with Crippen molar-refractivity contribution < 1.29 is 12.8 Å². The van der Waals surface area contributed by atoms with Gasteiger partial charge < -0.3 is 10.6 Å². The Hall–Kier alpha value is -2.97. The minimum Gasteiger partial charge on any atom is -0.332 e. The van der Waals surface area contributed by atoms with Crippen molar-refractivity contribution >= 4 is 44.4 Å². The molecule has 166 valence electrons. The van der Waals surface area contributed by atoms with Crippen LogP contribution in [-0.4, -0.2) is 19.6 Å². The lowest BCUT2D eigenvalue weighted by Gasteiger charge is -2.36. The van der Waals surface area contributed by atoms with Gasteiger partial charge in [-0.1, -0.05) is 18.2 Å². The van der Waals surface area contributed by atoms with Crippen LogP contribution in [0.3, 0.4) is 0 Å². The molecule has 0 amide bonds. The molecule has 3 aromatic carbocycles. The number of halogens is 1. The van der Waals surface area contributed by atoms with Crippen molar-refractivity contribution in [3.05, 3.63) is 83.7 Å². The number of hydrogen-bond donors (Lipinski definition) is 2. The van der Waals surface area contributed by atoms with E-state index in [0.29, 0.717) is 34.9 Å². The maximum atomic E-state index is 13.7. The molecule has 4 rings (SSSR count). The molecule has 32 heavy (non-hydrogen) atoms. The van der Waals surface area contributed by atoms with Crippen LogP contribution in [0.5, 0.6) is 0 Å². The first kappa shape index (κ1) is 22.2. The minimum atomic E-state index is -3.80. The summed E-state index contributed by atoms with van der Waals surface area (Å²) in [4.78, 5) is 0.171. The molecule has 1 aliphatic heterocycles. The Morgan fingerprint density at radius 1 is 1.06 bits per heavy atom. The zero-order valence-electron chi connectivity index (χ0n) is 17.8. The van der Waals surface area contributed by atoms with Gasteiger partial charge in [0.2, 0.25) is 0 Å². The Balaban J connectivity index is 1.54. The molecule has 0 spiro atoms. The molecule has 0 aliphatic carbocycles. The first-order valence-electron chi connectivity index (χ1n) is 10.3.